The number of anilines is 1. The molecule has 2 aromatic rings. The molecule has 2 amide bonds. The highest BCUT2D eigenvalue weighted by molar-refractivity contribution is 5.88. The molecule has 0 aromatic carbocycles. The van der Waals surface area contributed by atoms with Gasteiger partial charge in [-0.2, -0.15) is 13.2 Å². The van der Waals surface area contributed by atoms with E-state index in [-0.39, 0.29) is 11.4 Å². The second-order valence-electron chi connectivity index (χ2n) is 4.32. The van der Waals surface area contributed by atoms with Crippen molar-refractivity contribution in [2.75, 3.05) is 5.32 Å². The number of alkyl halides is 3. The number of carbonyl (C=O) groups excluding carboxylic acids is 1. The normalized spacial score (nSPS) is 12.7. The molecule has 2 N–H and O–H groups in total. The summed E-state index contributed by atoms with van der Waals surface area (Å²) in [6.07, 6.45) is -0.848. The Bertz CT molecular complexity index is 627. The zero-order chi connectivity index (χ0) is 16.2. The topological polar surface area (TPSA) is 84.7 Å². The van der Waals surface area contributed by atoms with Gasteiger partial charge in [0.2, 0.25) is 0 Å². The van der Waals surface area contributed by atoms with Crippen LogP contribution in [0.2, 0.25) is 0 Å². The lowest BCUT2D eigenvalue weighted by Gasteiger charge is -2.21. The Balaban J connectivity index is 2.09. The number of hydrogen-bond donors (Lipinski definition) is 2. The quantitative estimate of drug-likeness (QED) is 0.905. The molecule has 0 aliphatic rings. The van der Waals surface area contributed by atoms with Crippen molar-refractivity contribution >= 4 is 11.8 Å². The molecule has 0 saturated heterocycles. The average molecular weight is 314 g/mol. The van der Waals surface area contributed by atoms with Crippen LogP contribution in [0, 0.1) is 0 Å². The summed E-state index contributed by atoms with van der Waals surface area (Å²) in [7, 11) is 0. The highest BCUT2D eigenvalue weighted by Crippen LogP contribution is 2.32. The summed E-state index contributed by atoms with van der Waals surface area (Å²) in [4.78, 5) is 15.3. The maximum Gasteiger partial charge on any atom is 0.412 e. The van der Waals surface area contributed by atoms with Crippen LogP contribution < -0.4 is 10.6 Å². The fourth-order valence-corrected chi connectivity index (χ4v) is 1.69. The number of nitrogens with one attached hydrogen (secondary N) is 2. The summed E-state index contributed by atoms with van der Waals surface area (Å²) >= 11 is 0. The third kappa shape index (κ3) is 3.93. The zero-order valence-corrected chi connectivity index (χ0v) is 11.5. The fourth-order valence-electron chi connectivity index (χ4n) is 1.69. The van der Waals surface area contributed by atoms with Crippen LogP contribution in [0.5, 0.6) is 0 Å². The summed E-state index contributed by atoms with van der Waals surface area (Å²) in [5.74, 6) is 0.0615. The summed E-state index contributed by atoms with van der Waals surface area (Å²) in [6.45, 7) is 2.33. The third-order valence-electron chi connectivity index (χ3n) is 2.72. The lowest BCUT2D eigenvalue weighted by atomic mass is 10.1. The monoisotopic (exact) mass is 314 g/mol. The SMILES string of the molecule is CCn1cc(NC(=O)NC(c2cccnc2)C(F)(F)F)nn1. The number of pyridine rings is 1. The van der Waals surface area contributed by atoms with E-state index in [0.29, 0.717) is 6.54 Å². The van der Waals surface area contributed by atoms with Crippen LogP contribution in [0.25, 0.3) is 0 Å². The first-order valence-corrected chi connectivity index (χ1v) is 6.34. The molecule has 10 heteroatoms. The lowest BCUT2D eigenvalue weighted by molar-refractivity contribution is -0.154. The van der Waals surface area contributed by atoms with Crippen LogP contribution in [-0.2, 0) is 6.54 Å². The van der Waals surface area contributed by atoms with Gasteiger partial charge in [0.05, 0.1) is 6.20 Å². The number of carbonyl (C=O) groups is 1. The van der Waals surface area contributed by atoms with E-state index in [1.54, 1.807) is 6.92 Å². The van der Waals surface area contributed by atoms with Crippen LogP contribution in [0.3, 0.4) is 0 Å². The van der Waals surface area contributed by atoms with Crippen molar-refractivity contribution in [3.05, 3.63) is 36.3 Å². The van der Waals surface area contributed by atoms with Gasteiger partial charge in [-0.1, -0.05) is 11.3 Å². The van der Waals surface area contributed by atoms with Crippen LogP contribution >= 0.6 is 0 Å². The van der Waals surface area contributed by atoms with Crippen LogP contribution in [0.15, 0.2) is 30.7 Å². The standard InChI is InChI=1S/C12H13F3N6O/c1-2-21-7-9(19-20-21)17-11(22)18-10(12(13,14)15)8-4-3-5-16-6-8/h3-7,10H,2H2,1H3,(H2,17,18,22). The van der Waals surface area contributed by atoms with Gasteiger partial charge in [0, 0.05) is 24.5 Å². The van der Waals surface area contributed by atoms with Crippen LogP contribution in [0.4, 0.5) is 23.8 Å². The largest absolute Gasteiger partial charge is 0.412 e. The summed E-state index contributed by atoms with van der Waals surface area (Å²) in [5, 5.41) is 11.3. The molecular formula is C12H13F3N6O. The van der Waals surface area contributed by atoms with Gasteiger partial charge in [-0.25, -0.2) is 4.79 Å². The first-order valence-electron chi connectivity index (χ1n) is 6.34. The smallest absolute Gasteiger partial charge is 0.322 e. The number of amides is 2. The summed E-state index contributed by atoms with van der Waals surface area (Å²) < 4.78 is 40.6. The van der Waals surface area contributed by atoms with E-state index in [1.807, 2.05) is 5.32 Å². The van der Waals surface area contributed by atoms with E-state index in [9.17, 15) is 18.0 Å². The molecule has 118 valence electrons. The van der Waals surface area contributed by atoms with Gasteiger partial charge in [-0.15, -0.1) is 5.10 Å². The fraction of sp³-hybridized carbons (Fsp3) is 0.333. The maximum absolute atomic E-state index is 13.1. The Kier molecular flexibility index (Phi) is 4.59. The summed E-state index contributed by atoms with van der Waals surface area (Å²) in [5.41, 5.74) is -0.164. The molecule has 0 aliphatic carbocycles. The number of halogens is 3. The molecule has 0 aliphatic heterocycles. The first-order chi connectivity index (χ1) is 10.4. The molecule has 1 unspecified atom stereocenters. The molecule has 0 fully saturated rings. The van der Waals surface area contributed by atoms with Crippen molar-refractivity contribution in [3.63, 3.8) is 0 Å². The van der Waals surface area contributed by atoms with Gasteiger partial charge in [0.15, 0.2) is 11.9 Å². The molecule has 2 heterocycles. The Labute approximate surface area is 123 Å². The number of aromatic nitrogens is 4. The second kappa shape index (κ2) is 6.41. The lowest BCUT2D eigenvalue weighted by Crippen LogP contribution is -2.40. The Morgan fingerprint density at radius 1 is 1.45 bits per heavy atom. The molecule has 0 saturated carbocycles. The van der Waals surface area contributed by atoms with E-state index in [2.05, 4.69) is 20.6 Å². The number of rotatable bonds is 4. The highest BCUT2D eigenvalue weighted by atomic mass is 19.4. The van der Waals surface area contributed by atoms with Gasteiger partial charge < -0.3 is 5.32 Å². The molecule has 0 radical (unpaired) electrons. The van der Waals surface area contributed by atoms with Gasteiger partial charge >= 0.3 is 12.2 Å². The van der Waals surface area contributed by atoms with Gasteiger partial charge in [0.25, 0.3) is 0 Å². The minimum atomic E-state index is -4.65. The number of aryl methyl sites for hydroxylation is 1. The Morgan fingerprint density at radius 3 is 2.77 bits per heavy atom. The highest BCUT2D eigenvalue weighted by Gasteiger charge is 2.42. The number of urea groups is 1. The minimum absolute atomic E-state index is 0.0615. The maximum atomic E-state index is 13.1. The molecule has 0 bridgehead atoms. The van der Waals surface area contributed by atoms with Gasteiger partial charge in [-0.05, 0) is 13.0 Å². The Morgan fingerprint density at radius 2 is 2.23 bits per heavy atom. The molecule has 0 spiro atoms. The molecule has 7 nitrogen and oxygen atoms in total. The average Bonchev–Trinajstić information content (AvgIpc) is 2.92. The van der Waals surface area contributed by atoms with Crippen molar-refractivity contribution in [1.29, 1.82) is 0 Å². The third-order valence-corrected chi connectivity index (χ3v) is 2.72. The van der Waals surface area contributed by atoms with Crippen molar-refractivity contribution in [2.45, 2.75) is 25.7 Å². The van der Waals surface area contributed by atoms with E-state index in [4.69, 9.17) is 0 Å². The van der Waals surface area contributed by atoms with E-state index >= 15 is 0 Å². The number of hydrogen-bond acceptors (Lipinski definition) is 4. The van der Waals surface area contributed by atoms with Crippen molar-refractivity contribution in [3.8, 4) is 0 Å². The van der Waals surface area contributed by atoms with E-state index in [0.717, 1.165) is 6.20 Å². The van der Waals surface area contributed by atoms with E-state index in [1.165, 1.54) is 29.2 Å². The molecule has 2 aromatic heterocycles. The predicted molar refractivity (Wildman–Crippen MR) is 70.9 cm³/mol. The minimum Gasteiger partial charge on any atom is -0.322 e. The van der Waals surface area contributed by atoms with Gasteiger partial charge in [0.1, 0.15) is 0 Å². The molecular weight excluding hydrogens is 301 g/mol. The van der Waals surface area contributed by atoms with Crippen molar-refractivity contribution in [2.24, 2.45) is 0 Å². The first kappa shape index (κ1) is 15.7. The van der Waals surface area contributed by atoms with Crippen LogP contribution in [0.1, 0.15) is 18.5 Å². The molecule has 2 rings (SSSR count). The molecule has 22 heavy (non-hydrogen) atoms. The number of nitrogens with zero attached hydrogens (tertiary/aromatic N) is 4. The van der Waals surface area contributed by atoms with Gasteiger partial charge in [-0.3, -0.25) is 15.0 Å². The Hall–Kier alpha value is -2.65. The van der Waals surface area contributed by atoms with Crippen LogP contribution in [-0.4, -0.2) is 32.2 Å². The summed E-state index contributed by atoms with van der Waals surface area (Å²) in [6, 6.07) is -0.601. The van der Waals surface area contributed by atoms with Crippen molar-refractivity contribution < 1.29 is 18.0 Å². The molecule has 1 atom stereocenters. The van der Waals surface area contributed by atoms with Crippen molar-refractivity contribution in [1.82, 2.24) is 25.3 Å². The predicted octanol–water partition coefficient (Wildman–Crippen LogP) is 2.12. The van der Waals surface area contributed by atoms with E-state index < -0.39 is 18.2 Å². The second-order valence-corrected chi connectivity index (χ2v) is 4.32. The zero-order valence-electron chi connectivity index (χ0n) is 11.5.